The fourth-order valence-corrected chi connectivity index (χ4v) is 2.36. The Morgan fingerprint density at radius 3 is 2.79 bits per heavy atom. The van der Waals surface area contributed by atoms with Crippen molar-refractivity contribution in [3.63, 3.8) is 0 Å². The first-order chi connectivity index (χ1) is 9.11. The van der Waals surface area contributed by atoms with Gasteiger partial charge in [-0.2, -0.15) is 0 Å². The monoisotopic (exact) mass is 264 g/mol. The van der Waals surface area contributed by atoms with Crippen molar-refractivity contribution in [1.82, 2.24) is 9.88 Å². The highest BCUT2D eigenvalue weighted by Gasteiger charge is 2.30. The maximum Gasteiger partial charge on any atom is 0.185 e. The number of hydrogen-bond donors (Lipinski definition) is 0. The lowest BCUT2D eigenvalue weighted by atomic mass is 10.0. The first kappa shape index (κ1) is 14.1. The molecule has 1 heterocycles. The van der Waals surface area contributed by atoms with Gasteiger partial charge in [0.2, 0.25) is 0 Å². The summed E-state index contributed by atoms with van der Waals surface area (Å²) in [6.07, 6.45) is 4.70. The van der Waals surface area contributed by atoms with Gasteiger partial charge in [0.1, 0.15) is 11.5 Å². The number of rotatable bonds is 7. The van der Waals surface area contributed by atoms with Crippen LogP contribution in [-0.4, -0.2) is 34.8 Å². The molecule has 104 valence electrons. The predicted molar refractivity (Wildman–Crippen MR) is 72.6 cm³/mol. The molecule has 3 nitrogen and oxygen atoms in total. The minimum absolute atomic E-state index is 0.00162. The molecule has 0 N–H and O–H groups in total. The van der Waals surface area contributed by atoms with Crippen LogP contribution in [0.25, 0.3) is 0 Å². The zero-order valence-corrected chi connectivity index (χ0v) is 11.6. The Balaban J connectivity index is 1.96. The van der Waals surface area contributed by atoms with Gasteiger partial charge in [-0.25, -0.2) is 4.39 Å². The van der Waals surface area contributed by atoms with Crippen molar-refractivity contribution in [2.24, 2.45) is 5.92 Å². The van der Waals surface area contributed by atoms with E-state index >= 15 is 0 Å². The third kappa shape index (κ3) is 3.83. The molecule has 0 amide bonds. The van der Waals surface area contributed by atoms with Crippen LogP contribution in [0.5, 0.6) is 0 Å². The van der Waals surface area contributed by atoms with Crippen molar-refractivity contribution in [3.05, 3.63) is 29.8 Å². The fourth-order valence-electron chi connectivity index (χ4n) is 2.36. The molecular formula is C15H21FN2O. The second-order valence-electron chi connectivity index (χ2n) is 5.35. The van der Waals surface area contributed by atoms with E-state index in [1.54, 1.807) is 0 Å². The lowest BCUT2D eigenvalue weighted by Crippen LogP contribution is -2.34. The number of hydrogen-bond acceptors (Lipinski definition) is 3. The Morgan fingerprint density at radius 1 is 1.53 bits per heavy atom. The summed E-state index contributed by atoms with van der Waals surface area (Å²) < 4.78 is 12.8. The zero-order valence-electron chi connectivity index (χ0n) is 11.6. The van der Waals surface area contributed by atoms with Crippen molar-refractivity contribution in [3.8, 4) is 0 Å². The summed E-state index contributed by atoms with van der Waals surface area (Å²) in [5.41, 5.74) is 0.362. The van der Waals surface area contributed by atoms with Gasteiger partial charge >= 0.3 is 0 Å². The Hall–Kier alpha value is -1.29. The fraction of sp³-hybridized carbons (Fsp3) is 0.600. The van der Waals surface area contributed by atoms with Crippen LogP contribution in [0.15, 0.2) is 18.3 Å². The molecule has 0 saturated heterocycles. The van der Waals surface area contributed by atoms with Gasteiger partial charge < -0.3 is 0 Å². The van der Waals surface area contributed by atoms with Crippen LogP contribution >= 0.6 is 0 Å². The second kappa shape index (κ2) is 6.24. The quantitative estimate of drug-likeness (QED) is 0.710. The lowest BCUT2D eigenvalue weighted by Gasteiger charge is -2.24. The minimum atomic E-state index is -0.408. The Labute approximate surface area is 113 Å². The summed E-state index contributed by atoms with van der Waals surface area (Å²) in [6.45, 7) is 5.90. The van der Waals surface area contributed by atoms with E-state index in [1.807, 2.05) is 6.92 Å². The van der Waals surface area contributed by atoms with E-state index < -0.39 is 5.82 Å². The van der Waals surface area contributed by atoms with Crippen LogP contribution in [0.1, 0.15) is 43.6 Å². The summed E-state index contributed by atoms with van der Waals surface area (Å²) in [6, 6.07) is 3.42. The van der Waals surface area contributed by atoms with Gasteiger partial charge in [0.25, 0.3) is 0 Å². The van der Waals surface area contributed by atoms with Crippen LogP contribution in [0.3, 0.4) is 0 Å². The molecule has 0 aliphatic heterocycles. The Morgan fingerprint density at radius 2 is 2.26 bits per heavy atom. The summed E-state index contributed by atoms with van der Waals surface area (Å²) in [5, 5.41) is 0. The van der Waals surface area contributed by atoms with Gasteiger partial charge in [-0.15, -0.1) is 0 Å². The molecule has 1 unspecified atom stereocenters. The van der Waals surface area contributed by atoms with Gasteiger partial charge in [-0.1, -0.05) is 13.8 Å². The first-order valence-corrected chi connectivity index (χ1v) is 7.01. The average Bonchev–Trinajstić information content (AvgIpc) is 3.22. The van der Waals surface area contributed by atoms with E-state index in [2.05, 4.69) is 16.8 Å². The molecule has 2 rings (SSSR count). The highest BCUT2D eigenvalue weighted by Crippen LogP contribution is 2.28. The van der Waals surface area contributed by atoms with Crippen LogP contribution < -0.4 is 0 Å². The molecule has 1 aliphatic carbocycles. The number of aromatic nitrogens is 1. The average molecular weight is 264 g/mol. The highest BCUT2D eigenvalue weighted by atomic mass is 19.1. The number of halogens is 1. The molecule has 1 fully saturated rings. The Bertz CT molecular complexity index is 428. The number of Topliss-reactive ketones (excluding diaryl/α,β-unsaturated/α-hetero) is 1. The van der Waals surface area contributed by atoms with Crippen molar-refractivity contribution < 1.29 is 9.18 Å². The normalized spacial score (nSPS) is 16.6. The van der Waals surface area contributed by atoms with Crippen LogP contribution in [0, 0.1) is 11.7 Å². The molecule has 0 radical (unpaired) electrons. The van der Waals surface area contributed by atoms with E-state index in [0.717, 1.165) is 25.7 Å². The van der Waals surface area contributed by atoms with Crippen LogP contribution in [0.2, 0.25) is 0 Å². The molecule has 0 aromatic carbocycles. The lowest BCUT2D eigenvalue weighted by molar-refractivity contribution is 0.0885. The van der Waals surface area contributed by atoms with Gasteiger partial charge in [-0.3, -0.25) is 14.7 Å². The van der Waals surface area contributed by atoms with Crippen LogP contribution in [0.4, 0.5) is 4.39 Å². The molecule has 1 saturated carbocycles. The van der Waals surface area contributed by atoms with Gasteiger partial charge in [0.15, 0.2) is 5.78 Å². The molecule has 1 aromatic rings. The molecular weight excluding hydrogens is 243 g/mol. The summed E-state index contributed by atoms with van der Waals surface area (Å²) in [7, 11) is 0. The number of carbonyl (C=O) groups excluding carboxylic acids is 1. The molecule has 4 heteroatoms. The number of ketones is 1. The molecule has 1 atom stereocenters. The first-order valence-electron chi connectivity index (χ1n) is 7.01. The van der Waals surface area contributed by atoms with E-state index in [4.69, 9.17) is 0 Å². The smallest absolute Gasteiger partial charge is 0.185 e. The second-order valence-corrected chi connectivity index (χ2v) is 5.35. The number of pyridine rings is 1. The van der Waals surface area contributed by atoms with E-state index in [1.165, 1.54) is 25.0 Å². The minimum Gasteiger partial charge on any atom is -0.300 e. The zero-order chi connectivity index (χ0) is 13.8. The largest absolute Gasteiger partial charge is 0.300 e. The van der Waals surface area contributed by atoms with Crippen molar-refractivity contribution in [1.29, 1.82) is 0 Å². The van der Waals surface area contributed by atoms with Crippen molar-refractivity contribution in [2.75, 3.05) is 13.1 Å². The van der Waals surface area contributed by atoms with E-state index in [9.17, 15) is 9.18 Å². The maximum absolute atomic E-state index is 12.8. The third-order valence-corrected chi connectivity index (χ3v) is 3.51. The van der Waals surface area contributed by atoms with E-state index in [0.29, 0.717) is 11.7 Å². The predicted octanol–water partition coefficient (Wildman–Crippen LogP) is 2.91. The molecule has 19 heavy (non-hydrogen) atoms. The highest BCUT2D eigenvalue weighted by molar-refractivity contribution is 5.95. The van der Waals surface area contributed by atoms with Crippen molar-refractivity contribution >= 4 is 5.78 Å². The van der Waals surface area contributed by atoms with Gasteiger partial charge in [0.05, 0.1) is 6.20 Å². The van der Waals surface area contributed by atoms with Crippen LogP contribution in [-0.2, 0) is 0 Å². The summed E-state index contributed by atoms with van der Waals surface area (Å²) in [5.74, 6) is -0.498. The summed E-state index contributed by atoms with van der Waals surface area (Å²) >= 11 is 0. The summed E-state index contributed by atoms with van der Waals surface area (Å²) in [4.78, 5) is 18.5. The van der Waals surface area contributed by atoms with Gasteiger partial charge in [0, 0.05) is 18.5 Å². The topological polar surface area (TPSA) is 33.2 Å². The maximum atomic E-state index is 12.8. The SMILES string of the molecule is CCCN(CC(C)C(=O)c1ccc(F)cn1)C1CC1. The van der Waals surface area contributed by atoms with Crippen molar-refractivity contribution in [2.45, 2.75) is 39.2 Å². The molecule has 1 aromatic heterocycles. The molecule has 1 aliphatic rings. The third-order valence-electron chi connectivity index (χ3n) is 3.51. The molecule has 0 spiro atoms. The standard InChI is InChI=1S/C15H21FN2O/c1-3-8-18(13-5-6-13)10-11(2)15(19)14-7-4-12(16)9-17-14/h4,7,9,11,13H,3,5-6,8,10H2,1-2H3. The number of carbonyl (C=O) groups is 1. The molecule has 0 bridgehead atoms. The van der Waals surface area contributed by atoms with E-state index in [-0.39, 0.29) is 11.7 Å². The number of nitrogens with zero attached hydrogens (tertiary/aromatic N) is 2. The Kier molecular flexibility index (Phi) is 4.64. The van der Waals surface area contributed by atoms with Gasteiger partial charge in [-0.05, 0) is 37.9 Å².